The molecule has 0 saturated carbocycles. The van der Waals surface area contributed by atoms with Crippen molar-refractivity contribution in [3.63, 3.8) is 0 Å². The summed E-state index contributed by atoms with van der Waals surface area (Å²) in [7, 11) is 0. The van der Waals surface area contributed by atoms with Gasteiger partial charge in [-0.25, -0.2) is 0 Å². The molecule has 2 aromatic carbocycles. The van der Waals surface area contributed by atoms with Crippen LogP contribution in [0.2, 0.25) is 0 Å². The number of rotatable bonds is 10. The number of hydrogen-bond acceptors (Lipinski definition) is 6. The van der Waals surface area contributed by atoms with Gasteiger partial charge in [0.2, 0.25) is 0 Å². The number of hydrogen-bond donors (Lipinski definition) is 3. The Balaban J connectivity index is 1.42. The molecule has 2 aliphatic heterocycles. The minimum absolute atomic E-state index is 0.0126. The second-order valence-corrected chi connectivity index (χ2v) is 11.8. The fourth-order valence-electron chi connectivity index (χ4n) is 6.47. The molecule has 2 fully saturated rings. The Hall–Kier alpha value is -2.97. The van der Waals surface area contributed by atoms with Crippen LogP contribution in [0.5, 0.6) is 0 Å². The number of aromatic nitrogens is 1. The van der Waals surface area contributed by atoms with Gasteiger partial charge in [0, 0.05) is 75.5 Å². The smallest absolute Gasteiger partial charge is 0.252 e. The monoisotopic (exact) mass is 558 g/mol. The Morgan fingerprint density at radius 1 is 1.02 bits per heavy atom. The van der Waals surface area contributed by atoms with Crippen LogP contribution < -0.4 is 15.8 Å². The maximum Gasteiger partial charge on any atom is 0.252 e. The van der Waals surface area contributed by atoms with E-state index in [1.807, 2.05) is 19.9 Å². The number of H-pyrrole nitrogens is 1. The molecule has 7 nitrogen and oxygen atoms in total. The number of ether oxygens (including phenoxy) is 1. The molecule has 0 aliphatic carbocycles. The second-order valence-electron chi connectivity index (χ2n) is 11.8. The first-order valence-electron chi connectivity index (χ1n) is 15.2. The molecule has 0 bridgehead atoms. The van der Waals surface area contributed by atoms with E-state index in [1.54, 1.807) is 0 Å². The van der Waals surface area contributed by atoms with E-state index in [-0.39, 0.29) is 11.7 Å². The van der Waals surface area contributed by atoms with Crippen molar-refractivity contribution >= 4 is 5.69 Å². The highest BCUT2D eigenvalue weighted by atomic mass is 16.5. The molecule has 1 atom stereocenters. The van der Waals surface area contributed by atoms with Crippen LogP contribution in [0.25, 0.3) is 11.1 Å². The molecule has 5 rings (SSSR count). The van der Waals surface area contributed by atoms with Gasteiger partial charge in [-0.05, 0) is 98.5 Å². The van der Waals surface area contributed by atoms with Gasteiger partial charge < -0.3 is 25.0 Å². The standard InChI is InChI=1S/C34H46N4O3/c1-5-38(30-11-14-41-15-12-30)33-18-28(27-8-6-26(7-9-27)21-37-13-10-31(39)22-37)17-29(25(33)4)19-35-20-32-23(2)16-24(3)36-34(32)40/h6-9,16-18,30-31,35,39H,5,10-15,19-22H2,1-4H3,(H,36,40)/t31-/m1/s1. The summed E-state index contributed by atoms with van der Waals surface area (Å²) in [5, 5.41) is 13.5. The molecule has 41 heavy (non-hydrogen) atoms. The SMILES string of the molecule is CCN(c1cc(-c2ccc(CN3CC[C@@H](O)C3)cc2)cc(CNCc2c(C)cc(C)[nH]c2=O)c1C)C1CCOCC1. The highest BCUT2D eigenvalue weighted by molar-refractivity contribution is 5.73. The Morgan fingerprint density at radius 2 is 1.78 bits per heavy atom. The summed E-state index contributed by atoms with van der Waals surface area (Å²) >= 11 is 0. The van der Waals surface area contributed by atoms with Crippen LogP contribution in [-0.4, -0.2) is 60.0 Å². The molecule has 7 heteroatoms. The lowest BCUT2D eigenvalue weighted by molar-refractivity contribution is 0.0846. The van der Waals surface area contributed by atoms with Gasteiger partial charge in [0.05, 0.1) is 6.10 Å². The first kappa shape index (κ1) is 29.5. The number of anilines is 1. The topological polar surface area (TPSA) is 80.8 Å². The van der Waals surface area contributed by atoms with E-state index in [4.69, 9.17) is 4.74 Å². The van der Waals surface area contributed by atoms with Crippen molar-refractivity contribution in [1.29, 1.82) is 0 Å². The third-order valence-electron chi connectivity index (χ3n) is 8.82. The number of benzene rings is 2. The van der Waals surface area contributed by atoms with Gasteiger partial charge in [0.15, 0.2) is 0 Å². The highest BCUT2D eigenvalue weighted by Gasteiger charge is 2.24. The molecule has 0 amide bonds. The first-order valence-corrected chi connectivity index (χ1v) is 15.2. The van der Waals surface area contributed by atoms with Crippen molar-refractivity contribution in [2.24, 2.45) is 0 Å². The zero-order valence-corrected chi connectivity index (χ0v) is 25.1. The van der Waals surface area contributed by atoms with Crippen LogP contribution in [0.15, 0.2) is 47.3 Å². The molecular weight excluding hydrogens is 512 g/mol. The normalized spacial score (nSPS) is 18.2. The van der Waals surface area contributed by atoms with E-state index in [0.717, 1.165) is 75.5 Å². The van der Waals surface area contributed by atoms with Crippen LogP contribution in [0, 0.1) is 20.8 Å². The Kier molecular flexibility index (Phi) is 9.60. The number of aliphatic hydroxyl groups is 1. The highest BCUT2D eigenvalue weighted by Crippen LogP contribution is 2.34. The van der Waals surface area contributed by atoms with Gasteiger partial charge in [-0.2, -0.15) is 0 Å². The fourth-order valence-corrected chi connectivity index (χ4v) is 6.47. The fraction of sp³-hybridized carbons (Fsp3) is 0.500. The molecule has 3 heterocycles. The molecule has 1 aromatic heterocycles. The summed E-state index contributed by atoms with van der Waals surface area (Å²) < 4.78 is 5.68. The molecule has 2 saturated heterocycles. The van der Waals surface area contributed by atoms with Crippen LogP contribution in [-0.2, 0) is 24.4 Å². The minimum atomic E-state index is -0.196. The third kappa shape index (κ3) is 7.09. The largest absolute Gasteiger partial charge is 0.392 e. The number of likely N-dealkylation sites (tertiary alicyclic amines) is 1. The lowest BCUT2D eigenvalue weighted by Gasteiger charge is -2.37. The van der Waals surface area contributed by atoms with E-state index in [1.165, 1.54) is 33.5 Å². The number of aromatic amines is 1. The van der Waals surface area contributed by atoms with Crippen LogP contribution >= 0.6 is 0 Å². The molecule has 2 aliphatic rings. The van der Waals surface area contributed by atoms with E-state index in [0.29, 0.717) is 19.1 Å². The minimum Gasteiger partial charge on any atom is -0.392 e. The quantitative estimate of drug-likeness (QED) is 0.331. The van der Waals surface area contributed by atoms with Crippen molar-refractivity contribution < 1.29 is 9.84 Å². The Bertz CT molecular complexity index is 1380. The third-order valence-corrected chi connectivity index (χ3v) is 8.82. The summed E-state index contributed by atoms with van der Waals surface area (Å²) in [6.45, 7) is 14.8. The molecule has 0 radical (unpaired) electrons. The average molecular weight is 559 g/mol. The molecule has 3 N–H and O–H groups in total. The van der Waals surface area contributed by atoms with Gasteiger partial charge in [0.1, 0.15) is 0 Å². The summed E-state index contributed by atoms with van der Waals surface area (Å²) in [4.78, 5) is 20.4. The van der Waals surface area contributed by atoms with E-state index < -0.39 is 0 Å². The Labute approximate surface area is 244 Å². The number of aliphatic hydroxyl groups excluding tert-OH is 1. The zero-order chi connectivity index (χ0) is 28.9. The lowest BCUT2D eigenvalue weighted by Crippen LogP contribution is -2.40. The molecule has 0 unspecified atom stereocenters. The number of pyridine rings is 1. The first-order chi connectivity index (χ1) is 19.8. The molecule has 220 valence electrons. The van der Waals surface area contributed by atoms with Gasteiger partial charge in [-0.3, -0.25) is 9.69 Å². The van der Waals surface area contributed by atoms with Gasteiger partial charge in [0.25, 0.3) is 5.56 Å². The van der Waals surface area contributed by atoms with E-state index >= 15 is 0 Å². The van der Waals surface area contributed by atoms with E-state index in [9.17, 15) is 9.90 Å². The van der Waals surface area contributed by atoms with Gasteiger partial charge >= 0.3 is 0 Å². The lowest BCUT2D eigenvalue weighted by atomic mass is 9.95. The Morgan fingerprint density at radius 3 is 2.44 bits per heavy atom. The summed E-state index contributed by atoms with van der Waals surface area (Å²) in [6, 6.07) is 16.1. The van der Waals surface area contributed by atoms with Crippen molar-refractivity contribution in [2.45, 2.75) is 78.7 Å². The van der Waals surface area contributed by atoms with Crippen molar-refractivity contribution in [3.8, 4) is 11.1 Å². The van der Waals surface area contributed by atoms with Crippen molar-refractivity contribution in [3.05, 3.63) is 86.3 Å². The maximum absolute atomic E-state index is 12.6. The van der Waals surface area contributed by atoms with E-state index in [2.05, 4.69) is 70.3 Å². The number of β-amino-alcohol motifs (C(OH)–C–C–N with tert-alkyl or cyclic N) is 1. The maximum atomic E-state index is 12.6. The molecule has 0 spiro atoms. The average Bonchev–Trinajstić information content (AvgIpc) is 3.37. The number of nitrogens with zero attached hydrogens (tertiary/aromatic N) is 2. The van der Waals surface area contributed by atoms with Crippen LogP contribution in [0.3, 0.4) is 0 Å². The van der Waals surface area contributed by atoms with Crippen LogP contribution in [0.4, 0.5) is 5.69 Å². The zero-order valence-electron chi connectivity index (χ0n) is 25.1. The summed E-state index contributed by atoms with van der Waals surface area (Å²) in [5.41, 5.74) is 10.2. The van der Waals surface area contributed by atoms with Crippen molar-refractivity contribution in [1.82, 2.24) is 15.2 Å². The molecular formula is C34H46N4O3. The predicted molar refractivity (Wildman–Crippen MR) is 166 cm³/mol. The van der Waals surface area contributed by atoms with Gasteiger partial charge in [-0.15, -0.1) is 0 Å². The second kappa shape index (κ2) is 13.3. The summed E-state index contributed by atoms with van der Waals surface area (Å²) in [5.74, 6) is 0. The predicted octanol–water partition coefficient (Wildman–Crippen LogP) is 4.83. The van der Waals surface area contributed by atoms with Crippen molar-refractivity contribution in [2.75, 3.05) is 37.7 Å². The summed E-state index contributed by atoms with van der Waals surface area (Å²) in [6.07, 6.45) is 2.75. The number of aryl methyl sites for hydroxylation is 2. The molecule has 3 aromatic rings. The van der Waals surface area contributed by atoms with Crippen LogP contribution in [0.1, 0.15) is 59.7 Å². The number of nitrogens with one attached hydrogen (secondary N) is 2. The van der Waals surface area contributed by atoms with Gasteiger partial charge in [-0.1, -0.05) is 24.3 Å².